The number of hydrogen-bond donors (Lipinski definition) is 1. The standard InChI is InChI=1S/C18H18N4O2S2/c1-11-6-7-25-14(11)8-20-21-15(23)9-22-10-19-17-16(18(22)24)12-4-2-3-5-13(12)26-17/h6-8,10H,2-5,9H2,1H3,(H,21,23)/b20-8+. The third kappa shape index (κ3) is 3.22. The SMILES string of the molecule is Cc1ccsc1/C=N/NC(=O)Cn1cnc2sc3c(c2c1=O)CCCC3. The van der Waals surface area contributed by atoms with E-state index in [1.54, 1.807) is 28.9 Å². The maximum atomic E-state index is 12.8. The largest absolute Gasteiger partial charge is 0.289 e. The van der Waals surface area contributed by atoms with Gasteiger partial charge in [-0.1, -0.05) is 0 Å². The summed E-state index contributed by atoms with van der Waals surface area (Å²) in [7, 11) is 0. The van der Waals surface area contributed by atoms with Crippen LogP contribution in [-0.4, -0.2) is 21.7 Å². The van der Waals surface area contributed by atoms with Gasteiger partial charge in [0.1, 0.15) is 11.4 Å². The van der Waals surface area contributed by atoms with Crippen molar-refractivity contribution < 1.29 is 4.79 Å². The van der Waals surface area contributed by atoms with Crippen molar-refractivity contribution in [2.75, 3.05) is 0 Å². The molecule has 1 amide bonds. The second kappa shape index (κ2) is 7.13. The molecule has 0 saturated carbocycles. The fourth-order valence-electron chi connectivity index (χ4n) is 3.16. The fraction of sp³-hybridized carbons (Fsp3) is 0.333. The van der Waals surface area contributed by atoms with Gasteiger partial charge in [-0.05, 0) is 55.2 Å². The van der Waals surface area contributed by atoms with Gasteiger partial charge in [-0.15, -0.1) is 22.7 Å². The third-order valence-electron chi connectivity index (χ3n) is 4.53. The van der Waals surface area contributed by atoms with Crippen molar-refractivity contribution >= 4 is 45.0 Å². The van der Waals surface area contributed by atoms with Crippen LogP contribution >= 0.6 is 22.7 Å². The fourth-order valence-corrected chi connectivity index (χ4v) is 5.17. The highest BCUT2D eigenvalue weighted by atomic mass is 32.1. The lowest BCUT2D eigenvalue weighted by molar-refractivity contribution is -0.121. The number of hydrogen-bond acceptors (Lipinski definition) is 6. The molecule has 26 heavy (non-hydrogen) atoms. The number of carbonyl (C=O) groups is 1. The van der Waals surface area contributed by atoms with E-state index in [2.05, 4.69) is 15.5 Å². The van der Waals surface area contributed by atoms with E-state index in [9.17, 15) is 9.59 Å². The number of thiophene rings is 2. The van der Waals surface area contributed by atoms with Crippen molar-refractivity contribution in [1.82, 2.24) is 15.0 Å². The quantitative estimate of drug-likeness (QED) is 0.553. The van der Waals surface area contributed by atoms with E-state index < -0.39 is 0 Å². The molecule has 0 radical (unpaired) electrons. The van der Waals surface area contributed by atoms with Crippen molar-refractivity contribution in [3.05, 3.63) is 49.0 Å². The first-order valence-corrected chi connectivity index (χ1v) is 10.2. The van der Waals surface area contributed by atoms with E-state index in [0.29, 0.717) is 5.39 Å². The van der Waals surface area contributed by atoms with E-state index in [0.717, 1.165) is 46.5 Å². The summed E-state index contributed by atoms with van der Waals surface area (Å²) in [4.78, 5) is 32.4. The first-order chi connectivity index (χ1) is 12.6. The Morgan fingerprint density at radius 2 is 2.27 bits per heavy atom. The Kier molecular flexibility index (Phi) is 4.69. The molecule has 3 aromatic rings. The molecule has 134 valence electrons. The Bertz CT molecular complexity index is 1060. The van der Waals surface area contributed by atoms with Crippen LogP contribution in [0.5, 0.6) is 0 Å². The monoisotopic (exact) mass is 386 g/mol. The van der Waals surface area contributed by atoms with E-state index >= 15 is 0 Å². The van der Waals surface area contributed by atoms with E-state index in [-0.39, 0.29) is 18.0 Å². The number of rotatable bonds is 4. The molecule has 0 saturated heterocycles. The van der Waals surface area contributed by atoms with Gasteiger partial charge in [0.2, 0.25) is 0 Å². The lowest BCUT2D eigenvalue weighted by atomic mass is 9.97. The number of fused-ring (bicyclic) bond motifs is 3. The molecular formula is C18H18N4O2S2. The van der Waals surface area contributed by atoms with E-state index in [1.165, 1.54) is 15.8 Å². The third-order valence-corrected chi connectivity index (χ3v) is 6.68. The highest BCUT2D eigenvalue weighted by Crippen LogP contribution is 2.33. The second-order valence-electron chi connectivity index (χ2n) is 6.33. The second-order valence-corrected chi connectivity index (χ2v) is 8.36. The summed E-state index contributed by atoms with van der Waals surface area (Å²) in [5.74, 6) is -0.345. The smallest absolute Gasteiger partial charge is 0.262 e. The summed E-state index contributed by atoms with van der Waals surface area (Å²) in [5, 5.41) is 6.64. The molecule has 3 heterocycles. The number of nitrogens with one attached hydrogen (secondary N) is 1. The number of aryl methyl sites for hydroxylation is 3. The van der Waals surface area contributed by atoms with Gasteiger partial charge in [-0.3, -0.25) is 14.2 Å². The van der Waals surface area contributed by atoms with Crippen LogP contribution in [0.4, 0.5) is 0 Å². The number of carbonyl (C=O) groups excluding carboxylic acids is 1. The molecule has 0 unspecified atom stereocenters. The van der Waals surface area contributed by atoms with Crippen LogP contribution in [0.1, 0.15) is 33.7 Å². The first kappa shape index (κ1) is 17.1. The Balaban J connectivity index is 1.53. The number of nitrogens with zero attached hydrogens (tertiary/aromatic N) is 3. The van der Waals surface area contributed by atoms with Crippen molar-refractivity contribution in [2.24, 2.45) is 5.10 Å². The van der Waals surface area contributed by atoms with Crippen LogP contribution in [-0.2, 0) is 24.2 Å². The van der Waals surface area contributed by atoms with Gasteiger partial charge in [-0.25, -0.2) is 10.4 Å². The van der Waals surface area contributed by atoms with Crippen molar-refractivity contribution in [3.8, 4) is 0 Å². The predicted octanol–water partition coefficient (Wildman–Crippen LogP) is 2.86. The van der Waals surface area contributed by atoms with Crippen LogP contribution in [0.2, 0.25) is 0 Å². The molecule has 6 nitrogen and oxygen atoms in total. The molecule has 1 aliphatic carbocycles. The predicted molar refractivity (Wildman–Crippen MR) is 105 cm³/mol. The summed E-state index contributed by atoms with van der Waals surface area (Å²) in [6, 6.07) is 2.00. The summed E-state index contributed by atoms with van der Waals surface area (Å²) in [6.45, 7) is 1.90. The number of hydrazone groups is 1. The van der Waals surface area contributed by atoms with Gasteiger partial charge in [0, 0.05) is 9.75 Å². The van der Waals surface area contributed by atoms with E-state index in [4.69, 9.17) is 0 Å². The zero-order valence-electron chi connectivity index (χ0n) is 14.3. The summed E-state index contributed by atoms with van der Waals surface area (Å²) in [6.07, 6.45) is 7.29. The van der Waals surface area contributed by atoms with Crippen LogP contribution in [0.15, 0.2) is 27.7 Å². The number of aromatic nitrogens is 2. The highest BCUT2D eigenvalue weighted by Gasteiger charge is 2.20. The maximum absolute atomic E-state index is 12.8. The molecule has 1 N–H and O–H groups in total. The lowest BCUT2D eigenvalue weighted by Gasteiger charge is -2.10. The molecule has 3 aromatic heterocycles. The average Bonchev–Trinajstić information content (AvgIpc) is 3.21. The maximum Gasteiger partial charge on any atom is 0.262 e. The molecular weight excluding hydrogens is 368 g/mol. The van der Waals surface area contributed by atoms with E-state index in [1.807, 2.05) is 18.4 Å². The normalized spacial score (nSPS) is 14.0. The molecule has 0 spiro atoms. The molecule has 1 aliphatic rings. The summed E-state index contributed by atoms with van der Waals surface area (Å²) in [5.41, 5.74) is 4.59. The van der Waals surface area contributed by atoms with Crippen molar-refractivity contribution in [3.63, 3.8) is 0 Å². The zero-order chi connectivity index (χ0) is 18.1. The van der Waals surface area contributed by atoms with Crippen molar-refractivity contribution in [2.45, 2.75) is 39.2 Å². The molecule has 0 aliphatic heterocycles. The first-order valence-electron chi connectivity index (χ1n) is 8.49. The molecule has 0 fully saturated rings. The van der Waals surface area contributed by atoms with Gasteiger partial charge in [0.15, 0.2) is 0 Å². The Hall–Kier alpha value is -2.32. The topological polar surface area (TPSA) is 76.3 Å². The van der Waals surface area contributed by atoms with Crippen LogP contribution < -0.4 is 11.0 Å². The summed E-state index contributed by atoms with van der Waals surface area (Å²) < 4.78 is 1.37. The molecule has 0 bridgehead atoms. The lowest BCUT2D eigenvalue weighted by Crippen LogP contribution is -2.30. The van der Waals surface area contributed by atoms with Gasteiger partial charge >= 0.3 is 0 Å². The minimum absolute atomic E-state index is 0.0901. The van der Waals surface area contributed by atoms with Crippen LogP contribution in [0, 0.1) is 6.92 Å². The molecule has 0 atom stereocenters. The molecule has 4 rings (SSSR count). The van der Waals surface area contributed by atoms with Gasteiger partial charge in [-0.2, -0.15) is 5.10 Å². The van der Waals surface area contributed by atoms with Crippen LogP contribution in [0.3, 0.4) is 0 Å². The minimum atomic E-state index is -0.345. The van der Waals surface area contributed by atoms with Gasteiger partial charge in [0.25, 0.3) is 11.5 Å². The minimum Gasteiger partial charge on any atom is -0.289 e. The van der Waals surface area contributed by atoms with Crippen molar-refractivity contribution in [1.29, 1.82) is 0 Å². The zero-order valence-corrected chi connectivity index (χ0v) is 16.0. The Labute approximate surface area is 158 Å². The van der Waals surface area contributed by atoms with Gasteiger partial charge < -0.3 is 0 Å². The Morgan fingerprint density at radius 1 is 1.42 bits per heavy atom. The summed E-state index contributed by atoms with van der Waals surface area (Å²) >= 11 is 3.17. The highest BCUT2D eigenvalue weighted by molar-refractivity contribution is 7.18. The van der Waals surface area contributed by atoms with Crippen LogP contribution in [0.25, 0.3) is 10.2 Å². The Morgan fingerprint density at radius 3 is 3.08 bits per heavy atom. The number of amides is 1. The molecule has 0 aromatic carbocycles. The molecule has 8 heteroatoms. The average molecular weight is 387 g/mol. The van der Waals surface area contributed by atoms with Gasteiger partial charge in [0.05, 0.1) is 17.9 Å².